The summed E-state index contributed by atoms with van der Waals surface area (Å²) < 4.78 is 0. The Morgan fingerprint density at radius 1 is 0.655 bits per heavy atom. The minimum absolute atomic E-state index is 1.32. The van der Waals surface area contributed by atoms with E-state index < -0.39 is 8.07 Å². The highest BCUT2D eigenvalue weighted by Gasteiger charge is 2.22. The van der Waals surface area contributed by atoms with Gasteiger partial charge in [0, 0.05) is 0 Å². The number of rotatable bonds is 13. The largest absolute Gasteiger partial charge is 0.0806 e. The predicted molar refractivity (Wildman–Crippen MR) is 135 cm³/mol. The summed E-state index contributed by atoms with van der Waals surface area (Å²) in [5.74, 6) is 0. The molecular formula is C28H44Si. The molecule has 0 unspecified atom stereocenters. The van der Waals surface area contributed by atoms with Gasteiger partial charge in [-0.05, 0) is 30.5 Å². The van der Waals surface area contributed by atoms with Crippen LogP contribution in [0.25, 0.3) is 11.1 Å². The molecule has 2 rings (SSSR count). The summed E-state index contributed by atoms with van der Waals surface area (Å²) in [4.78, 5) is 0. The molecule has 0 aliphatic heterocycles. The molecule has 0 atom stereocenters. The van der Waals surface area contributed by atoms with Crippen molar-refractivity contribution in [3.8, 4) is 11.1 Å². The van der Waals surface area contributed by atoms with Gasteiger partial charge in [0.2, 0.25) is 0 Å². The fourth-order valence-electron chi connectivity index (χ4n) is 4.35. The normalized spacial score (nSPS) is 11.8. The van der Waals surface area contributed by atoms with Gasteiger partial charge in [-0.25, -0.2) is 0 Å². The molecule has 0 amide bonds. The molecule has 0 aliphatic rings. The van der Waals surface area contributed by atoms with Gasteiger partial charge in [-0.15, -0.1) is 0 Å². The second-order valence-electron chi connectivity index (χ2n) is 9.71. The van der Waals surface area contributed by atoms with Crippen LogP contribution in [0.3, 0.4) is 0 Å². The van der Waals surface area contributed by atoms with E-state index in [4.69, 9.17) is 0 Å². The first kappa shape index (κ1) is 23.9. The minimum atomic E-state index is -1.32. The number of aryl methyl sites for hydroxylation is 2. The fourth-order valence-corrected chi connectivity index (χ4v) is 6.84. The van der Waals surface area contributed by atoms with E-state index in [0.717, 1.165) is 0 Å². The smallest absolute Gasteiger partial charge is 0.0654 e. The van der Waals surface area contributed by atoms with Crippen LogP contribution in [-0.2, 0) is 0 Å². The van der Waals surface area contributed by atoms with Gasteiger partial charge in [0.25, 0.3) is 0 Å². The lowest BCUT2D eigenvalue weighted by Gasteiger charge is -2.23. The molecule has 2 aromatic carbocycles. The molecule has 29 heavy (non-hydrogen) atoms. The Hall–Kier alpha value is -1.34. The Morgan fingerprint density at radius 3 is 1.79 bits per heavy atom. The standard InChI is InChI=1S/C28H44Si/c1-6-7-8-9-10-11-12-13-14-15-22-29(4,5)27-20-18-26(19-21-27)28-23-24(2)16-17-25(28)3/h16-21,23H,6-15,22H2,1-5H3. The number of unbranched alkanes of at least 4 members (excludes halogenated alkanes) is 9. The van der Waals surface area contributed by atoms with Crippen molar-refractivity contribution in [2.24, 2.45) is 0 Å². The first-order valence-electron chi connectivity index (χ1n) is 12.1. The average molecular weight is 409 g/mol. The third kappa shape index (κ3) is 8.13. The van der Waals surface area contributed by atoms with Crippen molar-refractivity contribution in [1.29, 1.82) is 0 Å². The molecule has 0 saturated carbocycles. The van der Waals surface area contributed by atoms with E-state index in [1.165, 1.54) is 92.5 Å². The van der Waals surface area contributed by atoms with E-state index in [2.05, 4.69) is 76.3 Å². The maximum Gasteiger partial charge on any atom is 0.0806 e. The summed E-state index contributed by atoms with van der Waals surface area (Å²) in [6.45, 7) is 11.8. The lowest BCUT2D eigenvalue weighted by atomic mass is 9.99. The van der Waals surface area contributed by atoms with Gasteiger partial charge in [0.15, 0.2) is 0 Å². The van der Waals surface area contributed by atoms with Crippen LogP contribution in [0.2, 0.25) is 19.1 Å². The molecule has 0 spiro atoms. The van der Waals surface area contributed by atoms with Crippen LogP contribution in [0.1, 0.15) is 82.3 Å². The molecule has 0 saturated heterocycles. The summed E-state index contributed by atoms with van der Waals surface area (Å²) in [6, 6.07) is 17.7. The van der Waals surface area contributed by atoms with Crippen molar-refractivity contribution in [2.75, 3.05) is 0 Å². The summed E-state index contributed by atoms with van der Waals surface area (Å²) in [6.07, 6.45) is 14.3. The number of hydrogen-bond donors (Lipinski definition) is 0. The van der Waals surface area contributed by atoms with Gasteiger partial charge in [0.05, 0.1) is 8.07 Å². The zero-order valence-corrected chi connectivity index (χ0v) is 20.8. The van der Waals surface area contributed by atoms with E-state index in [-0.39, 0.29) is 0 Å². The van der Waals surface area contributed by atoms with Crippen molar-refractivity contribution < 1.29 is 0 Å². The third-order valence-electron chi connectivity index (χ3n) is 6.53. The highest BCUT2D eigenvalue weighted by atomic mass is 28.3. The SMILES string of the molecule is CCCCCCCCCCCC[Si](C)(C)c1ccc(-c2cc(C)ccc2C)cc1. The molecule has 1 heteroatoms. The maximum absolute atomic E-state index is 2.55. The molecule has 0 aromatic heterocycles. The van der Waals surface area contributed by atoms with Crippen LogP contribution in [0.15, 0.2) is 42.5 Å². The predicted octanol–water partition coefficient (Wildman–Crippen LogP) is 8.81. The first-order chi connectivity index (χ1) is 13.9. The number of benzene rings is 2. The molecule has 0 heterocycles. The van der Waals surface area contributed by atoms with Gasteiger partial charge in [-0.1, -0.05) is 143 Å². The number of hydrogen-bond acceptors (Lipinski definition) is 0. The van der Waals surface area contributed by atoms with Crippen LogP contribution in [0, 0.1) is 13.8 Å². The van der Waals surface area contributed by atoms with E-state index in [0.29, 0.717) is 0 Å². The Kier molecular flexibility index (Phi) is 10.2. The maximum atomic E-state index is 2.55. The van der Waals surface area contributed by atoms with Gasteiger partial charge < -0.3 is 0 Å². The highest BCUT2D eigenvalue weighted by Crippen LogP contribution is 2.25. The molecule has 0 aliphatic carbocycles. The quantitative estimate of drug-likeness (QED) is 0.229. The van der Waals surface area contributed by atoms with Gasteiger partial charge in [-0.2, -0.15) is 0 Å². The highest BCUT2D eigenvalue weighted by molar-refractivity contribution is 6.89. The Labute approximate surface area is 182 Å². The van der Waals surface area contributed by atoms with Crippen molar-refractivity contribution >= 4 is 13.3 Å². The average Bonchev–Trinajstić information content (AvgIpc) is 2.71. The fraction of sp³-hybridized carbons (Fsp3) is 0.571. The zero-order valence-electron chi connectivity index (χ0n) is 19.8. The van der Waals surface area contributed by atoms with Crippen molar-refractivity contribution in [2.45, 2.75) is 104 Å². The van der Waals surface area contributed by atoms with Gasteiger partial charge in [-0.3, -0.25) is 0 Å². The summed E-state index contributed by atoms with van der Waals surface area (Å²) in [7, 11) is -1.32. The third-order valence-corrected chi connectivity index (χ3v) is 10.0. The molecular weight excluding hydrogens is 364 g/mol. The van der Waals surface area contributed by atoms with Crippen LogP contribution in [-0.4, -0.2) is 8.07 Å². The lowest BCUT2D eigenvalue weighted by Crippen LogP contribution is -2.40. The van der Waals surface area contributed by atoms with Gasteiger partial charge in [0.1, 0.15) is 0 Å². The van der Waals surface area contributed by atoms with Crippen LogP contribution in [0.5, 0.6) is 0 Å². The van der Waals surface area contributed by atoms with Crippen molar-refractivity contribution in [3.05, 3.63) is 53.6 Å². The van der Waals surface area contributed by atoms with E-state index in [1.807, 2.05) is 0 Å². The second-order valence-corrected chi connectivity index (χ2v) is 14.6. The van der Waals surface area contributed by atoms with Crippen LogP contribution >= 0.6 is 0 Å². The molecule has 2 aromatic rings. The second kappa shape index (κ2) is 12.4. The molecule has 0 nitrogen and oxygen atoms in total. The van der Waals surface area contributed by atoms with Crippen molar-refractivity contribution in [3.63, 3.8) is 0 Å². The van der Waals surface area contributed by atoms with Crippen LogP contribution in [0.4, 0.5) is 0 Å². The lowest BCUT2D eigenvalue weighted by molar-refractivity contribution is 0.561. The first-order valence-corrected chi connectivity index (χ1v) is 15.3. The van der Waals surface area contributed by atoms with E-state index in [1.54, 1.807) is 5.19 Å². The zero-order chi connectivity index (χ0) is 21.1. The van der Waals surface area contributed by atoms with Crippen LogP contribution < -0.4 is 5.19 Å². The molecule has 0 N–H and O–H groups in total. The Balaban J connectivity index is 1.75. The van der Waals surface area contributed by atoms with E-state index >= 15 is 0 Å². The molecule has 0 fully saturated rings. The monoisotopic (exact) mass is 408 g/mol. The topological polar surface area (TPSA) is 0 Å². The van der Waals surface area contributed by atoms with E-state index in [9.17, 15) is 0 Å². The van der Waals surface area contributed by atoms with Gasteiger partial charge >= 0.3 is 0 Å². The Bertz CT molecular complexity index is 712. The van der Waals surface area contributed by atoms with Crippen molar-refractivity contribution in [1.82, 2.24) is 0 Å². The minimum Gasteiger partial charge on any atom is -0.0654 e. The summed E-state index contributed by atoms with van der Waals surface area (Å²) >= 11 is 0. The molecule has 160 valence electrons. The summed E-state index contributed by atoms with van der Waals surface area (Å²) in [5, 5.41) is 1.61. The molecule has 0 bridgehead atoms. The summed E-state index contributed by atoms with van der Waals surface area (Å²) in [5.41, 5.74) is 5.44. The molecule has 0 radical (unpaired) electrons. The Morgan fingerprint density at radius 2 is 1.21 bits per heavy atom.